The van der Waals surface area contributed by atoms with Gasteiger partial charge in [0.05, 0.1) is 6.61 Å². The number of nitrogens with zero attached hydrogens (tertiary/aromatic N) is 2. The molecule has 0 aliphatic carbocycles. The average Bonchev–Trinajstić information content (AvgIpc) is 2.87. The quantitative estimate of drug-likeness (QED) is 0.353. The SMILES string of the molecule is CCOc1ccc(-c2ccc(CCc3ccc(-c4cnc(CO)nc4)c(F)c3F)cc2)cc1F. The van der Waals surface area contributed by atoms with Crippen molar-refractivity contribution in [1.82, 2.24) is 9.97 Å². The largest absolute Gasteiger partial charge is 0.491 e. The van der Waals surface area contributed by atoms with Crippen LogP contribution in [0.4, 0.5) is 13.2 Å². The summed E-state index contributed by atoms with van der Waals surface area (Å²) >= 11 is 0. The molecule has 0 aliphatic rings. The van der Waals surface area contributed by atoms with Crippen molar-refractivity contribution >= 4 is 0 Å². The normalized spacial score (nSPS) is 11.0. The highest BCUT2D eigenvalue weighted by Crippen LogP contribution is 2.28. The van der Waals surface area contributed by atoms with E-state index in [2.05, 4.69) is 9.97 Å². The number of aliphatic hydroxyl groups excluding tert-OH is 1. The summed E-state index contributed by atoms with van der Waals surface area (Å²) in [4.78, 5) is 7.82. The fourth-order valence-electron chi connectivity index (χ4n) is 3.68. The predicted octanol–water partition coefficient (Wildman–Crippen LogP) is 5.90. The van der Waals surface area contributed by atoms with E-state index in [1.54, 1.807) is 25.1 Å². The Bertz CT molecular complexity index is 1280. The van der Waals surface area contributed by atoms with Crippen LogP contribution in [-0.4, -0.2) is 21.7 Å². The van der Waals surface area contributed by atoms with E-state index in [9.17, 15) is 13.2 Å². The van der Waals surface area contributed by atoms with Gasteiger partial charge >= 0.3 is 0 Å². The zero-order valence-electron chi connectivity index (χ0n) is 18.6. The highest BCUT2D eigenvalue weighted by molar-refractivity contribution is 5.65. The van der Waals surface area contributed by atoms with Crippen LogP contribution in [0.15, 0.2) is 67.0 Å². The first-order valence-electron chi connectivity index (χ1n) is 10.9. The van der Waals surface area contributed by atoms with Gasteiger partial charge in [-0.2, -0.15) is 0 Å². The first kappa shape index (κ1) is 23.4. The second kappa shape index (κ2) is 10.5. The highest BCUT2D eigenvalue weighted by Gasteiger charge is 2.15. The summed E-state index contributed by atoms with van der Waals surface area (Å²) in [6.45, 7) is 1.87. The van der Waals surface area contributed by atoms with E-state index in [0.29, 0.717) is 25.0 Å². The Balaban J connectivity index is 1.45. The summed E-state index contributed by atoms with van der Waals surface area (Å²) in [5.41, 5.74) is 3.20. The van der Waals surface area contributed by atoms with Gasteiger partial charge in [0, 0.05) is 23.5 Å². The molecule has 1 aromatic heterocycles. The van der Waals surface area contributed by atoms with Crippen LogP contribution >= 0.6 is 0 Å². The van der Waals surface area contributed by atoms with Gasteiger partial charge in [0.1, 0.15) is 6.61 Å². The van der Waals surface area contributed by atoms with Crippen molar-refractivity contribution in [2.45, 2.75) is 26.4 Å². The van der Waals surface area contributed by atoms with Crippen molar-refractivity contribution in [2.24, 2.45) is 0 Å². The van der Waals surface area contributed by atoms with E-state index < -0.39 is 17.5 Å². The van der Waals surface area contributed by atoms with Crippen molar-refractivity contribution in [3.8, 4) is 28.0 Å². The number of hydrogen-bond acceptors (Lipinski definition) is 4. The maximum absolute atomic E-state index is 14.7. The van der Waals surface area contributed by atoms with Gasteiger partial charge in [0.2, 0.25) is 0 Å². The third kappa shape index (κ3) is 5.10. The molecule has 0 amide bonds. The van der Waals surface area contributed by atoms with Crippen LogP contribution in [0.1, 0.15) is 23.9 Å². The molecule has 4 rings (SSSR count). The smallest absolute Gasteiger partial charge is 0.167 e. The third-order valence-corrected chi connectivity index (χ3v) is 5.52. The molecule has 0 atom stereocenters. The predicted molar refractivity (Wildman–Crippen MR) is 124 cm³/mol. The summed E-state index contributed by atoms with van der Waals surface area (Å²) in [7, 11) is 0. The number of benzene rings is 3. The Morgan fingerprint density at radius 2 is 1.50 bits per heavy atom. The Morgan fingerprint density at radius 3 is 2.15 bits per heavy atom. The molecule has 174 valence electrons. The molecule has 0 saturated carbocycles. The fourth-order valence-corrected chi connectivity index (χ4v) is 3.68. The molecule has 7 heteroatoms. The number of aryl methyl sites for hydroxylation is 2. The molecule has 3 aromatic carbocycles. The summed E-state index contributed by atoms with van der Waals surface area (Å²) in [6, 6.07) is 15.4. The molecule has 0 spiro atoms. The highest BCUT2D eigenvalue weighted by atomic mass is 19.2. The Hall–Kier alpha value is -3.71. The van der Waals surface area contributed by atoms with Crippen LogP contribution in [-0.2, 0) is 19.4 Å². The van der Waals surface area contributed by atoms with Gasteiger partial charge < -0.3 is 9.84 Å². The first-order valence-corrected chi connectivity index (χ1v) is 10.9. The lowest BCUT2D eigenvalue weighted by atomic mass is 9.98. The number of ether oxygens (including phenoxy) is 1. The number of rotatable bonds is 8. The molecule has 0 aliphatic heterocycles. The molecule has 4 aromatic rings. The minimum absolute atomic E-state index is 0.0673. The van der Waals surface area contributed by atoms with Gasteiger partial charge in [0.15, 0.2) is 29.0 Å². The molecular formula is C27H23F3N2O2. The fraction of sp³-hybridized carbons (Fsp3) is 0.185. The van der Waals surface area contributed by atoms with Gasteiger partial charge in [-0.05, 0) is 54.2 Å². The Labute approximate surface area is 195 Å². The van der Waals surface area contributed by atoms with E-state index in [1.807, 2.05) is 24.3 Å². The second-order valence-electron chi connectivity index (χ2n) is 7.72. The summed E-state index contributed by atoms with van der Waals surface area (Å²) in [5.74, 6) is -1.84. The van der Waals surface area contributed by atoms with Gasteiger partial charge in [-0.3, -0.25) is 0 Å². The van der Waals surface area contributed by atoms with E-state index in [4.69, 9.17) is 9.84 Å². The minimum atomic E-state index is -0.953. The van der Waals surface area contributed by atoms with Crippen molar-refractivity contribution in [2.75, 3.05) is 6.61 Å². The van der Waals surface area contributed by atoms with Crippen molar-refractivity contribution < 1.29 is 23.0 Å². The van der Waals surface area contributed by atoms with Crippen LogP contribution in [0.5, 0.6) is 5.75 Å². The summed E-state index contributed by atoms with van der Waals surface area (Å²) < 4.78 is 48.8. The molecular weight excluding hydrogens is 441 g/mol. The Morgan fingerprint density at radius 1 is 0.794 bits per heavy atom. The standard InChI is InChI=1S/C27H23F3N2O2/c1-2-34-24-12-10-20(13-23(24)28)18-6-3-17(4-7-18)5-8-19-9-11-22(27(30)26(19)29)21-14-31-25(16-33)32-15-21/h3-4,6-7,9-15,33H,2,5,8,16H2,1H3. The molecule has 4 nitrogen and oxygen atoms in total. The van der Waals surface area contributed by atoms with E-state index in [1.165, 1.54) is 24.5 Å². The zero-order chi connectivity index (χ0) is 24.1. The molecule has 0 unspecified atom stereocenters. The van der Waals surface area contributed by atoms with Gasteiger partial charge in [-0.1, -0.05) is 42.5 Å². The van der Waals surface area contributed by atoms with Crippen LogP contribution in [0, 0.1) is 17.5 Å². The molecule has 1 heterocycles. The maximum atomic E-state index is 14.7. The monoisotopic (exact) mass is 464 g/mol. The molecule has 0 saturated heterocycles. The van der Waals surface area contributed by atoms with Gasteiger partial charge in [-0.25, -0.2) is 23.1 Å². The molecule has 1 N–H and O–H groups in total. The molecule has 0 radical (unpaired) electrons. The lowest BCUT2D eigenvalue weighted by molar-refractivity contribution is 0.271. The number of aliphatic hydroxyl groups is 1. The van der Waals surface area contributed by atoms with Gasteiger partial charge in [-0.15, -0.1) is 0 Å². The van der Waals surface area contributed by atoms with Crippen LogP contribution in [0.2, 0.25) is 0 Å². The minimum Gasteiger partial charge on any atom is -0.491 e. The van der Waals surface area contributed by atoms with E-state index in [-0.39, 0.29) is 29.3 Å². The number of hydrogen-bond donors (Lipinski definition) is 1. The topological polar surface area (TPSA) is 55.2 Å². The molecule has 0 fully saturated rings. The van der Waals surface area contributed by atoms with Crippen LogP contribution < -0.4 is 4.74 Å². The zero-order valence-corrected chi connectivity index (χ0v) is 18.6. The number of aromatic nitrogens is 2. The first-order chi connectivity index (χ1) is 16.5. The van der Waals surface area contributed by atoms with E-state index >= 15 is 0 Å². The summed E-state index contributed by atoms with van der Waals surface area (Å²) in [6.07, 6.45) is 3.55. The Kier molecular flexibility index (Phi) is 7.23. The number of halogens is 3. The van der Waals surface area contributed by atoms with Crippen molar-refractivity contribution in [3.63, 3.8) is 0 Å². The second-order valence-corrected chi connectivity index (χ2v) is 7.72. The molecule has 34 heavy (non-hydrogen) atoms. The third-order valence-electron chi connectivity index (χ3n) is 5.52. The summed E-state index contributed by atoms with van der Waals surface area (Å²) in [5, 5.41) is 9.02. The lowest BCUT2D eigenvalue weighted by Gasteiger charge is -2.10. The van der Waals surface area contributed by atoms with Gasteiger partial charge in [0.25, 0.3) is 0 Å². The van der Waals surface area contributed by atoms with Crippen LogP contribution in [0.25, 0.3) is 22.3 Å². The lowest BCUT2D eigenvalue weighted by Crippen LogP contribution is -2.01. The van der Waals surface area contributed by atoms with Crippen molar-refractivity contribution in [3.05, 3.63) is 101 Å². The average molecular weight is 464 g/mol. The van der Waals surface area contributed by atoms with Crippen LogP contribution in [0.3, 0.4) is 0 Å². The maximum Gasteiger partial charge on any atom is 0.167 e. The van der Waals surface area contributed by atoms with E-state index in [0.717, 1.165) is 16.7 Å². The molecule has 0 bridgehead atoms. The van der Waals surface area contributed by atoms with Crippen molar-refractivity contribution in [1.29, 1.82) is 0 Å².